The van der Waals surface area contributed by atoms with E-state index in [1.807, 2.05) is 0 Å². The summed E-state index contributed by atoms with van der Waals surface area (Å²) in [6.07, 6.45) is 2.97. The molecule has 1 saturated heterocycles. The van der Waals surface area contributed by atoms with Crippen molar-refractivity contribution in [2.24, 2.45) is 5.92 Å². The van der Waals surface area contributed by atoms with E-state index in [1.165, 1.54) is 21.9 Å². The van der Waals surface area contributed by atoms with E-state index in [0.29, 0.717) is 28.3 Å². The molecule has 1 heterocycles. The molecule has 0 amide bonds. The Morgan fingerprint density at radius 2 is 1.69 bits per heavy atom. The molecule has 0 radical (unpaired) electrons. The highest BCUT2D eigenvalue weighted by atomic mass is 35.5. The molecule has 1 unspecified atom stereocenters. The summed E-state index contributed by atoms with van der Waals surface area (Å²) in [7, 11) is 0. The van der Waals surface area contributed by atoms with Crippen LogP contribution < -0.4 is 5.32 Å². The molecule has 0 aromatic heterocycles. The zero-order chi connectivity index (χ0) is 22.1. The van der Waals surface area contributed by atoms with E-state index < -0.39 is 12.0 Å². The summed E-state index contributed by atoms with van der Waals surface area (Å²) in [4.78, 5) is 11.4. The summed E-state index contributed by atoms with van der Waals surface area (Å²) in [5, 5.41) is 6.68. The first kappa shape index (κ1) is 21.7. The number of hydrogen-bond donors (Lipinski definition) is 1. The average molecular weight is 470 g/mol. The van der Waals surface area contributed by atoms with Gasteiger partial charge in [-0.25, -0.2) is 4.89 Å². The Morgan fingerprint density at radius 1 is 0.969 bits per heavy atom. The van der Waals surface area contributed by atoms with E-state index in [4.69, 9.17) is 37.7 Å². The van der Waals surface area contributed by atoms with Gasteiger partial charge in [0.05, 0.1) is 6.61 Å². The third kappa shape index (κ3) is 4.52. The standard InChI is InChI=1S/C26H25Cl2NO3/c1-17(23-8-4-6-19-5-2-3-7-24(19)23)18-9-11-26(12-10-18)16-30-25(31-32-26)29-22-14-20(27)13-21(28)15-22/h2-8,13-15,18,25,29H,1,9-12,16H2. The first-order valence-corrected chi connectivity index (χ1v) is 11.6. The van der Waals surface area contributed by atoms with E-state index in [0.717, 1.165) is 25.7 Å². The Hall–Kier alpha value is -2.08. The molecule has 1 N–H and O–H groups in total. The van der Waals surface area contributed by atoms with E-state index in [-0.39, 0.29) is 0 Å². The van der Waals surface area contributed by atoms with Crippen LogP contribution in [0, 0.1) is 5.92 Å². The highest BCUT2D eigenvalue weighted by Gasteiger charge is 2.43. The van der Waals surface area contributed by atoms with Crippen LogP contribution >= 0.6 is 23.2 Å². The normalized spacial score (nSPS) is 25.7. The number of rotatable bonds is 4. The number of fused-ring (bicyclic) bond motifs is 1. The summed E-state index contributed by atoms with van der Waals surface area (Å²) in [6.45, 7) is 4.94. The van der Waals surface area contributed by atoms with Crippen LogP contribution in [-0.2, 0) is 14.5 Å². The second-order valence-corrected chi connectivity index (χ2v) is 9.51. The average Bonchev–Trinajstić information content (AvgIpc) is 2.80. The third-order valence-electron chi connectivity index (χ3n) is 6.48. The lowest BCUT2D eigenvalue weighted by Crippen LogP contribution is -2.49. The van der Waals surface area contributed by atoms with Gasteiger partial charge in [0.15, 0.2) is 0 Å². The maximum atomic E-state index is 6.06. The Morgan fingerprint density at radius 3 is 2.41 bits per heavy atom. The topological polar surface area (TPSA) is 39.7 Å². The molecule has 166 valence electrons. The summed E-state index contributed by atoms with van der Waals surface area (Å²) < 4.78 is 5.93. The van der Waals surface area contributed by atoms with E-state index in [2.05, 4.69) is 54.4 Å². The van der Waals surface area contributed by atoms with Crippen molar-refractivity contribution < 1.29 is 14.5 Å². The van der Waals surface area contributed by atoms with Gasteiger partial charge in [-0.2, -0.15) is 4.89 Å². The number of allylic oxidation sites excluding steroid dienone is 1. The van der Waals surface area contributed by atoms with Crippen LogP contribution in [0.1, 0.15) is 31.2 Å². The second kappa shape index (κ2) is 9.05. The van der Waals surface area contributed by atoms with Gasteiger partial charge in [0.25, 0.3) is 6.41 Å². The van der Waals surface area contributed by atoms with Gasteiger partial charge in [0.1, 0.15) is 5.60 Å². The van der Waals surface area contributed by atoms with Crippen LogP contribution in [0.15, 0.2) is 67.2 Å². The van der Waals surface area contributed by atoms with Gasteiger partial charge in [0.2, 0.25) is 0 Å². The second-order valence-electron chi connectivity index (χ2n) is 8.63. The van der Waals surface area contributed by atoms with Crippen LogP contribution in [0.25, 0.3) is 16.3 Å². The molecule has 1 saturated carbocycles. The highest BCUT2D eigenvalue weighted by Crippen LogP contribution is 2.43. The number of ether oxygens (including phenoxy) is 1. The largest absolute Gasteiger partial charge is 0.335 e. The van der Waals surface area contributed by atoms with E-state index >= 15 is 0 Å². The molecule has 1 aliphatic carbocycles. The fraction of sp³-hybridized carbons (Fsp3) is 0.308. The molecule has 5 rings (SSSR count). The predicted molar refractivity (Wildman–Crippen MR) is 130 cm³/mol. The minimum Gasteiger partial charge on any atom is -0.335 e. The van der Waals surface area contributed by atoms with Crippen LogP contribution in [0.5, 0.6) is 0 Å². The van der Waals surface area contributed by atoms with Gasteiger partial charge < -0.3 is 10.1 Å². The Bertz CT molecular complexity index is 1110. The quantitative estimate of drug-likeness (QED) is 0.402. The van der Waals surface area contributed by atoms with E-state index in [9.17, 15) is 0 Å². The number of halogens is 2. The molecule has 0 bridgehead atoms. The molecule has 1 spiro atoms. The highest BCUT2D eigenvalue weighted by molar-refractivity contribution is 6.35. The van der Waals surface area contributed by atoms with Gasteiger partial charge in [-0.1, -0.05) is 72.2 Å². The zero-order valence-corrected chi connectivity index (χ0v) is 19.2. The number of hydrogen-bond acceptors (Lipinski definition) is 4. The van der Waals surface area contributed by atoms with Crippen LogP contribution in [0.4, 0.5) is 5.69 Å². The minimum atomic E-state index is -0.710. The maximum absolute atomic E-state index is 6.06. The van der Waals surface area contributed by atoms with Crippen molar-refractivity contribution in [3.8, 4) is 0 Å². The van der Waals surface area contributed by atoms with Crippen molar-refractivity contribution in [2.45, 2.75) is 37.7 Å². The maximum Gasteiger partial charge on any atom is 0.268 e. The summed E-state index contributed by atoms with van der Waals surface area (Å²) in [6, 6.07) is 20.1. The van der Waals surface area contributed by atoms with Crippen molar-refractivity contribution in [1.29, 1.82) is 0 Å². The molecular formula is C26H25Cl2NO3. The van der Waals surface area contributed by atoms with Crippen LogP contribution in [-0.4, -0.2) is 18.6 Å². The molecule has 3 aromatic rings. The SMILES string of the molecule is C=C(c1cccc2ccccc12)C1CCC2(CC1)COC(Nc1cc(Cl)cc(Cl)c1)OO2. The molecule has 2 fully saturated rings. The number of benzene rings is 3. The van der Waals surface area contributed by atoms with Crippen molar-refractivity contribution >= 4 is 45.2 Å². The van der Waals surface area contributed by atoms with Crippen molar-refractivity contribution in [1.82, 2.24) is 0 Å². The monoisotopic (exact) mass is 469 g/mol. The van der Waals surface area contributed by atoms with Gasteiger partial charge in [-0.15, -0.1) is 0 Å². The van der Waals surface area contributed by atoms with Gasteiger partial charge in [-0.3, -0.25) is 0 Å². The lowest BCUT2D eigenvalue weighted by molar-refractivity contribution is -0.468. The fourth-order valence-corrected chi connectivity index (χ4v) is 5.24. The van der Waals surface area contributed by atoms with Crippen molar-refractivity contribution in [3.63, 3.8) is 0 Å². The summed E-state index contributed by atoms with van der Waals surface area (Å²) in [5.74, 6) is 0.416. The number of nitrogens with one attached hydrogen (secondary N) is 1. The molecule has 1 aliphatic heterocycles. The lowest BCUT2D eigenvalue weighted by Gasteiger charge is -2.43. The smallest absolute Gasteiger partial charge is 0.268 e. The van der Waals surface area contributed by atoms with Gasteiger partial charge in [0, 0.05) is 15.7 Å². The fourth-order valence-electron chi connectivity index (χ4n) is 4.71. The molecule has 32 heavy (non-hydrogen) atoms. The summed E-state index contributed by atoms with van der Waals surface area (Å²) in [5.41, 5.74) is 2.74. The minimum absolute atomic E-state index is 0.416. The number of anilines is 1. The van der Waals surface area contributed by atoms with Crippen molar-refractivity contribution in [2.75, 3.05) is 11.9 Å². The van der Waals surface area contributed by atoms with E-state index in [1.54, 1.807) is 18.2 Å². The third-order valence-corrected chi connectivity index (χ3v) is 6.92. The molecular weight excluding hydrogens is 445 g/mol. The molecule has 4 nitrogen and oxygen atoms in total. The molecule has 6 heteroatoms. The lowest BCUT2D eigenvalue weighted by atomic mass is 9.74. The Labute approximate surface area is 198 Å². The van der Waals surface area contributed by atoms with Crippen molar-refractivity contribution in [3.05, 3.63) is 82.9 Å². The first-order chi connectivity index (χ1) is 15.5. The first-order valence-electron chi connectivity index (χ1n) is 10.9. The van der Waals surface area contributed by atoms with Gasteiger partial charge >= 0.3 is 0 Å². The Kier molecular flexibility index (Phi) is 6.15. The zero-order valence-electron chi connectivity index (χ0n) is 17.7. The van der Waals surface area contributed by atoms with Crippen LogP contribution in [0.2, 0.25) is 10.0 Å². The van der Waals surface area contributed by atoms with Crippen LogP contribution in [0.3, 0.4) is 0 Å². The predicted octanol–water partition coefficient (Wildman–Crippen LogP) is 7.46. The summed E-state index contributed by atoms with van der Waals surface area (Å²) >= 11 is 12.1. The Balaban J connectivity index is 1.19. The molecule has 2 aliphatic rings. The molecule has 1 atom stereocenters. The van der Waals surface area contributed by atoms with Gasteiger partial charge in [-0.05, 0) is 71.7 Å². The molecule has 3 aromatic carbocycles.